The zero-order valence-corrected chi connectivity index (χ0v) is 16.3. The number of amides is 1. The van der Waals surface area contributed by atoms with Gasteiger partial charge in [0.05, 0.1) is 5.75 Å². The second-order valence-corrected chi connectivity index (χ2v) is 8.73. The van der Waals surface area contributed by atoms with Gasteiger partial charge in [0, 0.05) is 17.3 Å². The first-order valence-electron chi connectivity index (χ1n) is 8.39. The molecule has 26 heavy (non-hydrogen) atoms. The van der Waals surface area contributed by atoms with E-state index in [1.165, 1.54) is 0 Å². The minimum Gasteiger partial charge on any atom is -0.311 e. The number of anilines is 1. The van der Waals surface area contributed by atoms with Crippen molar-refractivity contribution in [1.82, 2.24) is 4.72 Å². The quantitative estimate of drug-likeness (QED) is 0.849. The Morgan fingerprint density at radius 1 is 1.15 bits per heavy atom. The molecule has 1 N–H and O–H groups in total. The Balaban J connectivity index is 1.72. The molecule has 1 amide bonds. The minimum atomic E-state index is -3.68. The van der Waals surface area contributed by atoms with E-state index in [1.54, 1.807) is 29.2 Å². The largest absolute Gasteiger partial charge is 0.311 e. The van der Waals surface area contributed by atoms with Gasteiger partial charge in [0.1, 0.15) is 6.04 Å². The van der Waals surface area contributed by atoms with E-state index < -0.39 is 16.1 Å². The van der Waals surface area contributed by atoms with Gasteiger partial charge in [0.25, 0.3) is 0 Å². The van der Waals surface area contributed by atoms with Gasteiger partial charge in [-0.05, 0) is 55.2 Å². The van der Waals surface area contributed by atoms with Crippen LogP contribution in [-0.2, 0) is 20.6 Å². The Kier molecular flexibility index (Phi) is 5.37. The number of nitrogens with zero attached hydrogens (tertiary/aromatic N) is 1. The van der Waals surface area contributed by atoms with Gasteiger partial charge in [-0.1, -0.05) is 35.9 Å². The molecule has 1 fully saturated rings. The van der Waals surface area contributed by atoms with Crippen molar-refractivity contribution in [2.75, 3.05) is 11.4 Å². The van der Waals surface area contributed by atoms with Crippen LogP contribution < -0.4 is 9.62 Å². The number of halogens is 1. The van der Waals surface area contributed by atoms with E-state index in [1.807, 2.05) is 32.0 Å². The average Bonchev–Trinajstić information content (AvgIpc) is 2.92. The second-order valence-electron chi connectivity index (χ2n) is 6.57. The van der Waals surface area contributed by atoms with Crippen molar-refractivity contribution in [2.45, 2.75) is 32.1 Å². The molecule has 0 aliphatic carbocycles. The Hall–Kier alpha value is -1.89. The zero-order chi connectivity index (χ0) is 18.9. The van der Waals surface area contributed by atoms with Gasteiger partial charge in [-0.2, -0.15) is 0 Å². The van der Waals surface area contributed by atoms with E-state index in [0.717, 1.165) is 16.8 Å². The summed E-state index contributed by atoms with van der Waals surface area (Å²) in [6, 6.07) is 11.9. The van der Waals surface area contributed by atoms with Gasteiger partial charge in [0.15, 0.2) is 0 Å². The van der Waals surface area contributed by atoms with Crippen molar-refractivity contribution in [2.24, 2.45) is 0 Å². The molecule has 7 heteroatoms. The van der Waals surface area contributed by atoms with Crippen molar-refractivity contribution < 1.29 is 13.2 Å². The predicted molar refractivity (Wildman–Crippen MR) is 104 cm³/mol. The number of rotatable bonds is 5. The number of hydrogen-bond donors (Lipinski definition) is 1. The highest BCUT2D eigenvalue weighted by Gasteiger charge is 2.35. The summed E-state index contributed by atoms with van der Waals surface area (Å²) in [5.74, 6) is -0.476. The molecule has 2 aromatic rings. The normalized spacial score (nSPS) is 17.7. The third-order valence-corrected chi connectivity index (χ3v) is 6.34. The first kappa shape index (κ1) is 18.9. The molecule has 0 radical (unpaired) electrons. The molecule has 3 rings (SSSR count). The van der Waals surface area contributed by atoms with Crippen molar-refractivity contribution in [1.29, 1.82) is 0 Å². The fourth-order valence-electron chi connectivity index (χ4n) is 3.02. The molecule has 0 bridgehead atoms. The highest BCUT2D eigenvalue weighted by atomic mass is 35.5. The van der Waals surface area contributed by atoms with Crippen LogP contribution in [0.2, 0.25) is 5.02 Å². The van der Waals surface area contributed by atoms with Crippen LogP contribution in [0.5, 0.6) is 0 Å². The first-order valence-corrected chi connectivity index (χ1v) is 10.4. The monoisotopic (exact) mass is 392 g/mol. The topological polar surface area (TPSA) is 66.5 Å². The van der Waals surface area contributed by atoms with Crippen molar-refractivity contribution in [3.8, 4) is 0 Å². The van der Waals surface area contributed by atoms with Crippen LogP contribution in [0.15, 0.2) is 42.5 Å². The number of aryl methyl sites for hydroxylation is 2. The van der Waals surface area contributed by atoms with E-state index in [0.29, 0.717) is 23.6 Å². The molecule has 1 aliphatic rings. The maximum Gasteiger partial charge on any atom is 0.245 e. The van der Waals surface area contributed by atoms with Crippen molar-refractivity contribution in [3.63, 3.8) is 0 Å². The summed E-state index contributed by atoms with van der Waals surface area (Å²) in [7, 11) is -3.68. The second kappa shape index (κ2) is 7.39. The number of sulfonamides is 1. The smallest absolute Gasteiger partial charge is 0.245 e. The Morgan fingerprint density at radius 2 is 1.88 bits per heavy atom. The number of benzene rings is 2. The average molecular weight is 393 g/mol. The Morgan fingerprint density at radius 3 is 2.58 bits per heavy atom. The summed E-state index contributed by atoms with van der Waals surface area (Å²) in [6.07, 6.45) is 0.438. The van der Waals surface area contributed by atoms with Gasteiger partial charge >= 0.3 is 0 Å². The highest BCUT2D eigenvalue weighted by Crippen LogP contribution is 2.25. The van der Waals surface area contributed by atoms with Gasteiger partial charge in [-0.15, -0.1) is 0 Å². The highest BCUT2D eigenvalue weighted by molar-refractivity contribution is 7.88. The predicted octanol–water partition coefficient (Wildman–Crippen LogP) is 3.18. The number of carbonyl (C=O) groups excluding carboxylic acids is 1. The lowest BCUT2D eigenvalue weighted by Gasteiger charge is -2.18. The van der Waals surface area contributed by atoms with Gasteiger partial charge in [0.2, 0.25) is 15.9 Å². The van der Waals surface area contributed by atoms with Crippen LogP contribution in [0.4, 0.5) is 5.69 Å². The fourth-order valence-corrected chi connectivity index (χ4v) is 4.70. The molecule has 5 nitrogen and oxygen atoms in total. The van der Waals surface area contributed by atoms with Crippen molar-refractivity contribution >= 4 is 33.2 Å². The summed E-state index contributed by atoms with van der Waals surface area (Å²) in [5, 5.41) is 0.396. The molecular weight excluding hydrogens is 372 g/mol. The van der Waals surface area contributed by atoms with E-state index in [-0.39, 0.29) is 11.7 Å². The Bertz CT molecular complexity index is 944. The minimum absolute atomic E-state index is 0.226. The third kappa shape index (κ3) is 4.09. The lowest BCUT2D eigenvalue weighted by molar-refractivity contribution is -0.118. The summed E-state index contributed by atoms with van der Waals surface area (Å²) >= 11 is 6.04. The molecule has 1 unspecified atom stereocenters. The lowest BCUT2D eigenvalue weighted by atomic mass is 10.1. The van der Waals surface area contributed by atoms with E-state index in [9.17, 15) is 13.2 Å². The van der Waals surface area contributed by atoms with Gasteiger partial charge in [-0.3, -0.25) is 4.79 Å². The van der Waals surface area contributed by atoms with E-state index in [2.05, 4.69) is 4.72 Å². The van der Waals surface area contributed by atoms with Crippen LogP contribution in [0.1, 0.15) is 23.1 Å². The molecule has 1 atom stereocenters. The van der Waals surface area contributed by atoms with Crippen LogP contribution >= 0.6 is 11.6 Å². The van der Waals surface area contributed by atoms with Crippen LogP contribution in [-0.4, -0.2) is 26.9 Å². The molecule has 138 valence electrons. The van der Waals surface area contributed by atoms with Gasteiger partial charge in [-0.25, -0.2) is 13.1 Å². The van der Waals surface area contributed by atoms with Gasteiger partial charge < -0.3 is 4.90 Å². The number of hydrogen-bond acceptors (Lipinski definition) is 3. The maximum atomic E-state index is 12.7. The molecule has 1 saturated heterocycles. The molecule has 0 saturated carbocycles. The Labute approximate surface area is 159 Å². The number of carbonyl (C=O) groups is 1. The van der Waals surface area contributed by atoms with Crippen molar-refractivity contribution in [3.05, 3.63) is 64.2 Å². The number of nitrogens with one attached hydrogen (secondary N) is 1. The van der Waals surface area contributed by atoms with Crippen LogP contribution in [0.25, 0.3) is 0 Å². The maximum absolute atomic E-state index is 12.7. The molecular formula is C19H21ClN2O3S. The molecule has 1 aliphatic heterocycles. The molecule has 0 spiro atoms. The van der Waals surface area contributed by atoms with Crippen LogP contribution in [0.3, 0.4) is 0 Å². The summed E-state index contributed by atoms with van der Waals surface area (Å²) < 4.78 is 27.4. The lowest BCUT2D eigenvalue weighted by Crippen LogP contribution is -2.42. The molecule has 1 heterocycles. The zero-order valence-electron chi connectivity index (χ0n) is 14.7. The van der Waals surface area contributed by atoms with E-state index >= 15 is 0 Å². The summed E-state index contributed by atoms with van der Waals surface area (Å²) in [6.45, 7) is 4.49. The first-order chi connectivity index (χ1) is 12.3. The molecule has 0 aromatic heterocycles. The van der Waals surface area contributed by atoms with E-state index in [4.69, 9.17) is 11.6 Å². The molecule has 2 aromatic carbocycles. The standard InChI is InChI=1S/C19H21ClN2O3S/c1-13-7-8-16(11-14(13)2)22-10-9-18(19(22)23)21-26(24,25)12-15-5-3-4-6-17(15)20/h3-8,11,18,21H,9-10,12H2,1-2H3. The SMILES string of the molecule is Cc1ccc(N2CCC(NS(=O)(=O)Cc3ccccc3Cl)C2=O)cc1C. The third-order valence-electron chi connectivity index (χ3n) is 4.63. The fraction of sp³-hybridized carbons (Fsp3) is 0.316. The summed E-state index contributed by atoms with van der Waals surface area (Å²) in [5.41, 5.74) is 3.56. The summed E-state index contributed by atoms with van der Waals surface area (Å²) in [4.78, 5) is 14.3. The van der Waals surface area contributed by atoms with Crippen LogP contribution in [0, 0.1) is 13.8 Å².